The molecule has 0 saturated heterocycles. The van der Waals surface area contributed by atoms with Crippen molar-refractivity contribution in [3.63, 3.8) is 0 Å². The first-order chi connectivity index (χ1) is 14.8. The highest BCUT2D eigenvalue weighted by atomic mass is 16.5. The molecule has 31 heavy (non-hydrogen) atoms. The van der Waals surface area contributed by atoms with Crippen molar-refractivity contribution in [2.24, 2.45) is 0 Å². The smallest absolute Gasteiger partial charge is 0.339 e. The molecule has 8 nitrogen and oxygen atoms in total. The highest BCUT2D eigenvalue weighted by Gasteiger charge is 2.21. The molecule has 0 saturated carbocycles. The number of aryl methyl sites for hydroxylation is 2. The third-order valence-corrected chi connectivity index (χ3v) is 4.52. The van der Waals surface area contributed by atoms with E-state index in [4.69, 9.17) is 14.2 Å². The van der Waals surface area contributed by atoms with Crippen LogP contribution in [-0.4, -0.2) is 44.1 Å². The molecule has 2 aromatic rings. The Morgan fingerprint density at radius 1 is 1.03 bits per heavy atom. The average Bonchev–Trinajstić information content (AvgIpc) is 2.75. The molecule has 8 heteroatoms. The quantitative estimate of drug-likeness (QED) is 0.595. The summed E-state index contributed by atoms with van der Waals surface area (Å²) in [6.07, 6.45) is -1.09. The van der Waals surface area contributed by atoms with E-state index in [0.29, 0.717) is 23.8 Å². The fourth-order valence-electron chi connectivity index (χ4n) is 2.86. The van der Waals surface area contributed by atoms with E-state index in [1.165, 1.54) is 26.2 Å². The third kappa shape index (κ3) is 6.47. The van der Waals surface area contributed by atoms with Gasteiger partial charge in [0.25, 0.3) is 5.91 Å². The number of hydrogen-bond acceptors (Lipinski definition) is 6. The van der Waals surface area contributed by atoms with Crippen LogP contribution in [0.15, 0.2) is 36.4 Å². The Bertz CT molecular complexity index is 937. The summed E-state index contributed by atoms with van der Waals surface area (Å²) in [7, 11) is 1.46. The van der Waals surface area contributed by atoms with Crippen molar-refractivity contribution < 1.29 is 28.6 Å². The lowest BCUT2D eigenvalue weighted by molar-refractivity contribution is -0.130. The number of anilines is 1. The number of carbonyl (C=O) groups is 3. The van der Waals surface area contributed by atoms with E-state index < -0.39 is 18.0 Å². The van der Waals surface area contributed by atoms with Gasteiger partial charge in [0, 0.05) is 5.69 Å². The number of methoxy groups -OCH3 is 1. The molecule has 0 aliphatic heterocycles. The van der Waals surface area contributed by atoms with Crippen molar-refractivity contribution in [3.05, 3.63) is 53.1 Å². The van der Waals surface area contributed by atoms with Gasteiger partial charge in [-0.25, -0.2) is 4.79 Å². The molecule has 166 valence electrons. The highest BCUT2D eigenvalue weighted by molar-refractivity contribution is 5.97. The molecule has 0 aliphatic carbocycles. The average molecular weight is 428 g/mol. The van der Waals surface area contributed by atoms with Crippen LogP contribution in [0.3, 0.4) is 0 Å². The zero-order chi connectivity index (χ0) is 23.0. The SMILES string of the molecule is CCOc1ccc(C(=O)OC(C)C(=O)NCC(=O)Nc2c(C)cccc2C)cc1OC. The Hall–Kier alpha value is -3.55. The van der Waals surface area contributed by atoms with Crippen molar-refractivity contribution in [2.45, 2.75) is 33.8 Å². The van der Waals surface area contributed by atoms with Gasteiger partial charge < -0.3 is 24.8 Å². The number of ether oxygens (including phenoxy) is 3. The van der Waals surface area contributed by atoms with Crippen molar-refractivity contribution in [2.75, 3.05) is 25.6 Å². The maximum Gasteiger partial charge on any atom is 0.339 e. The van der Waals surface area contributed by atoms with Gasteiger partial charge in [-0.15, -0.1) is 0 Å². The molecule has 2 aromatic carbocycles. The molecule has 0 aliphatic rings. The first-order valence-electron chi connectivity index (χ1n) is 9.92. The standard InChI is InChI=1S/C23H28N2O6/c1-6-30-18-11-10-17(12-19(18)29-5)23(28)31-16(4)22(27)24-13-20(26)25-21-14(2)8-7-9-15(21)3/h7-12,16H,6,13H2,1-5H3,(H,24,27)(H,25,26). The zero-order valence-corrected chi connectivity index (χ0v) is 18.4. The van der Waals surface area contributed by atoms with Gasteiger partial charge in [0.15, 0.2) is 17.6 Å². The second-order valence-corrected chi connectivity index (χ2v) is 6.88. The van der Waals surface area contributed by atoms with Crippen LogP contribution < -0.4 is 20.1 Å². The Balaban J connectivity index is 1.90. The Morgan fingerprint density at radius 2 is 1.71 bits per heavy atom. The number of para-hydroxylation sites is 1. The minimum Gasteiger partial charge on any atom is -0.493 e. The van der Waals surface area contributed by atoms with E-state index in [0.717, 1.165) is 11.1 Å². The van der Waals surface area contributed by atoms with Crippen LogP contribution in [0.25, 0.3) is 0 Å². The van der Waals surface area contributed by atoms with Gasteiger partial charge in [-0.2, -0.15) is 0 Å². The number of amides is 2. The highest BCUT2D eigenvalue weighted by Crippen LogP contribution is 2.28. The second kappa shape index (κ2) is 11.0. The molecule has 0 heterocycles. The van der Waals surface area contributed by atoms with Crippen LogP contribution >= 0.6 is 0 Å². The molecule has 0 bridgehead atoms. The van der Waals surface area contributed by atoms with Crippen LogP contribution in [0.4, 0.5) is 5.69 Å². The van der Waals surface area contributed by atoms with Crippen LogP contribution in [0.2, 0.25) is 0 Å². The number of rotatable bonds is 9. The molecular weight excluding hydrogens is 400 g/mol. The van der Waals surface area contributed by atoms with Gasteiger partial charge in [0.2, 0.25) is 5.91 Å². The monoisotopic (exact) mass is 428 g/mol. The molecule has 1 atom stereocenters. The third-order valence-electron chi connectivity index (χ3n) is 4.52. The fraction of sp³-hybridized carbons (Fsp3) is 0.348. The minimum atomic E-state index is -1.09. The zero-order valence-electron chi connectivity index (χ0n) is 18.4. The number of nitrogens with one attached hydrogen (secondary N) is 2. The summed E-state index contributed by atoms with van der Waals surface area (Å²) < 4.78 is 15.8. The predicted molar refractivity (Wildman–Crippen MR) is 117 cm³/mol. The molecule has 0 spiro atoms. The lowest BCUT2D eigenvalue weighted by atomic mass is 10.1. The van der Waals surface area contributed by atoms with E-state index in [1.54, 1.807) is 6.07 Å². The van der Waals surface area contributed by atoms with Gasteiger partial charge in [-0.3, -0.25) is 9.59 Å². The van der Waals surface area contributed by atoms with E-state index in [-0.39, 0.29) is 18.0 Å². The molecule has 2 N–H and O–H groups in total. The maximum absolute atomic E-state index is 12.4. The summed E-state index contributed by atoms with van der Waals surface area (Å²) >= 11 is 0. The van der Waals surface area contributed by atoms with Gasteiger partial charge in [-0.1, -0.05) is 18.2 Å². The molecular formula is C23H28N2O6. The van der Waals surface area contributed by atoms with Gasteiger partial charge in [0.05, 0.1) is 25.8 Å². The topological polar surface area (TPSA) is 103 Å². The second-order valence-electron chi connectivity index (χ2n) is 6.88. The Labute approximate surface area is 181 Å². The van der Waals surface area contributed by atoms with Crippen LogP contribution in [-0.2, 0) is 14.3 Å². The molecule has 2 amide bonds. The van der Waals surface area contributed by atoms with Crippen molar-refractivity contribution in [3.8, 4) is 11.5 Å². The predicted octanol–water partition coefficient (Wildman–Crippen LogP) is 3.01. The van der Waals surface area contributed by atoms with Crippen LogP contribution in [0, 0.1) is 13.8 Å². The molecule has 0 fully saturated rings. The molecule has 1 unspecified atom stereocenters. The Kier molecular flexibility index (Phi) is 8.43. The molecule has 0 radical (unpaired) electrons. The van der Waals surface area contributed by atoms with E-state index >= 15 is 0 Å². The largest absolute Gasteiger partial charge is 0.493 e. The molecule has 2 rings (SSSR count). The summed E-state index contributed by atoms with van der Waals surface area (Å²) in [6, 6.07) is 10.3. The molecule has 0 aromatic heterocycles. The van der Waals surface area contributed by atoms with Crippen LogP contribution in [0.1, 0.15) is 35.3 Å². The first-order valence-corrected chi connectivity index (χ1v) is 9.92. The van der Waals surface area contributed by atoms with Crippen molar-refractivity contribution >= 4 is 23.5 Å². The van der Waals surface area contributed by atoms with Crippen molar-refractivity contribution in [1.29, 1.82) is 0 Å². The number of benzene rings is 2. The first kappa shape index (κ1) is 23.7. The van der Waals surface area contributed by atoms with E-state index in [9.17, 15) is 14.4 Å². The van der Waals surface area contributed by atoms with Crippen molar-refractivity contribution in [1.82, 2.24) is 5.32 Å². The number of esters is 1. The fourth-order valence-corrected chi connectivity index (χ4v) is 2.86. The maximum atomic E-state index is 12.4. The lowest BCUT2D eigenvalue weighted by Gasteiger charge is -2.15. The summed E-state index contributed by atoms with van der Waals surface area (Å²) in [5, 5.41) is 5.25. The normalized spacial score (nSPS) is 11.3. The van der Waals surface area contributed by atoms with Gasteiger partial charge in [-0.05, 0) is 57.0 Å². The summed E-state index contributed by atoms with van der Waals surface area (Å²) in [5.74, 6) is -0.758. The van der Waals surface area contributed by atoms with E-state index in [2.05, 4.69) is 10.6 Å². The van der Waals surface area contributed by atoms with Gasteiger partial charge in [0.1, 0.15) is 0 Å². The van der Waals surface area contributed by atoms with Gasteiger partial charge >= 0.3 is 5.97 Å². The Morgan fingerprint density at radius 3 is 2.32 bits per heavy atom. The number of carbonyl (C=O) groups excluding carboxylic acids is 3. The summed E-state index contributed by atoms with van der Waals surface area (Å²) in [4.78, 5) is 36.8. The number of hydrogen-bond donors (Lipinski definition) is 2. The van der Waals surface area contributed by atoms with Crippen LogP contribution in [0.5, 0.6) is 11.5 Å². The summed E-state index contributed by atoms with van der Waals surface area (Å²) in [5.41, 5.74) is 2.78. The lowest BCUT2D eigenvalue weighted by Crippen LogP contribution is -2.40. The summed E-state index contributed by atoms with van der Waals surface area (Å²) in [6.45, 7) is 7.25. The minimum absolute atomic E-state index is 0.215. The van der Waals surface area contributed by atoms with E-state index in [1.807, 2.05) is 39.0 Å².